The number of likely N-dealkylation sites (tertiary alicyclic amines) is 1. The molecule has 0 unspecified atom stereocenters. The van der Waals surface area contributed by atoms with Gasteiger partial charge in [0.25, 0.3) is 16.0 Å². The number of aliphatic hydroxyl groups is 1. The molecule has 0 bridgehead atoms. The number of nitrogens with one attached hydrogen (secondary N) is 1. The van der Waals surface area contributed by atoms with Crippen molar-refractivity contribution in [3.8, 4) is 0 Å². The zero-order chi connectivity index (χ0) is 26.9. The molecule has 1 fully saturated rings. The van der Waals surface area contributed by atoms with Crippen LogP contribution in [0.3, 0.4) is 0 Å². The van der Waals surface area contributed by atoms with E-state index < -0.39 is 38.8 Å². The Kier molecular flexibility index (Phi) is 10.4. The van der Waals surface area contributed by atoms with Gasteiger partial charge in [-0.15, -0.1) is 0 Å². The third-order valence-corrected chi connectivity index (χ3v) is 7.79. The summed E-state index contributed by atoms with van der Waals surface area (Å²) in [5.41, 5.74) is -0.645. The molecule has 0 spiro atoms. The number of rotatable bonds is 7. The van der Waals surface area contributed by atoms with Gasteiger partial charge in [0.1, 0.15) is 11.8 Å². The second-order valence-electron chi connectivity index (χ2n) is 10.4. The van der Waals surface area contributed by atoms with Crippen LogP contribution < -0.4 is 34.9 Å². The molecule has 37 heavy (non-hydrogen) atoms. The van der Waals surface area contributed by atoms with Crippen LogP contribution >= 0.6 is 11.6 Å². The quantitative estimate of drug-likeness (QED) is 0.339. The Morgan fingerprint density at radius 3 is 2.32 bits per heavy atom. The summed E-state index contributed by atoms with van der Waals surface area (Å²) in [6.45, 7) is 8.07. The number of hydrogen-bond acceptors (Lipinski definition) is 5. The second kappa shape index (κ2) is 12.2. The number of carbonyl (C=O) groups excluding carboxylic acids is 2. The van der Waals surface area contributed by atoms with E-state index in [-0.39, 0.29) is 60.5 Å². The fraction of sp³-hybridized carbons (Fsp3) is 0.462. The van der Waals surface area contributed by atoms with E-state index in [1.807, 2.05) is 27.7 Å². The predicted octanol–water partition coefficient (Wildman–Crippen LogP) is 0.745. The van der Waals surface area contributed by atoms with E-state index in [1.54, 1.807) is 29.2 Å². The number of amides is 2. The maximum atomic E-state index is 13.5. The fourth-order valence-electron chi connectivity index (χ4n) is 4.72. The van der Waals surface area contributed by atoms with E-state index in [2.05, 4.69) is 5.32 Å². The number of carbonyl (C=O) groups is 2. The van der Waals surface area contributed by atoms with Crippen LogP contribution in [0.1, 0.15) is 57.0 Å². The number of piperidine rings is 1. The van der Waals surface area contributed by atoms with Crippen LogP contribution in [0, 0.1) is 11.3 Å². The van der Waals surface area contributed by atoms with Gasteiger partial charge in [0.05, 0.1) is 5.60 Å². The molecule has 2 atom stereocenters. The Morgan fingerprint density at radius 2 is 1.78 bits per heavy atom. The SMILES string of the molecule is CC(C)[C@@H](NC(=O)c1cccc(CS(=O)(=O)O)c1)C(=O)N1CC[C@](O)(c2ccc(Cl)cc2)C(C)(C)C1.[H-].[Na+]. The standard InChI is InChI=1S/C26H33ClN2O6S.Na.H/c1-17(2)22(28-23(30)19-7-5-6-18(14-19)15-36(33,34)35)24(31)29-13-12-26(32,25(3,4)16-29)20-8-10-21(27)11-9-20;;/h5-11,14,17,22,32H,12-13,15-16H2,1-4H3,(H,28,30)(H,33,34,35);;/q;+1;-1/t22-,26+;;/m1../s1. The van der Waals surface area contributed by atoms with E-state index in [1.165, 1.54) is 24.3 Å². The summed E-state index contributed by atoms with van der Waals surface area (Å²) in [5, 5.41) is 15.0. The van der Waals surface area contributed by atoms with Crippen molar-refractivity contribution in [3.05, 3.63) is 70.2 Å². The van der Waals surface area contributed by atoms with E-state index in [0.717, 1.165) is 5.56 Å². The van der Waals surface area contributed by atoms with Crippen LogP contribution in [0.5, 0.6) is 0 Å². The van der Waals surface area contributed by atoms with Gasteiger partial charge in [0, 0.05) is 29.1 Å². The van der Waals surface area contributed by atoms with Gasteiger partial charge in [-0.3, -0.25) is 14.1 Å². The molecule has 1 heterocycles. The van der Waals surface area contributed by atoms with Gasteiger partial charge in [-0.2, -0.15) is 8.42 Å². The van der Waals surface area contributed by atoms with E-state index in [4.69, 9.17) is 16.2 Å². The molecular formula is C26H34ClN2NaO6S. The largest absolute Gasteiger partial charge is 1.00 e. The van der Waals surface area contributed by atoms with Crippen LogP contribution in [0.4, 0.5) is 0 Å². The molecule has 2 aromatic rings. The monoisotopic (exact) mass is 560 g/mol. The zero-order valence-corrected chi connectivity index (χ0v) is 25.4. The first-order valence-corrected chi connectivity index (χ1v) is 13.7. The van der Waals surface area contributed by atoms with Crippen LogP contribution in [0.25, 0.3) is 0 Å². The van der Waals surface area contributed by atoms with Crippen molar-refractivity contribution in [2.75, 3.05) is 13.1 Å². The van der Waals surface area contributed by atoms with Gasteiger partial charge >= 0.3 is 29.6 Å². The summed E-state index contributed by atoms with van der Waals surface area (Å²) in [7, 11) is -4.25. The van der Waals surface area contributed by atoms with Crippen molar-refractivity contribution < 1.29 is 58.7 Å². The molecule has 8 nitrogen and oxygen atoms in total. The van der Waals surface area contributed by atoms with Crippen molar-refractivity contribution in [2.24, 2.45) is 11.3 Å². The summed E-state index contributed by atoms with van der Waals surface area (Å²) in [5.74, 6) is -1.60. The molecule has 3 rings (SSSR count). The minimum Gasteiger partial charge on any atom is -1.00 e. The number of benzene rings is 2. The van der Waals surface area contributed by atoms with Crippen LogP contribution in [-0.2, 0) is 26.3 Å². The Hall–Kier alpha value is -1.46. The van der Waals surface area contributed by atoms with Crippen molar-refractivity contribution >= 4 is 33.5 Å². The Labute approximate surface area is 247 Å². The Balaban J connectivity index is 0.00000361. The molecule has 0 aromatic heterocycles. The van der Waals surface area contributed by atoms with Gasteiger partial charge in [-0.1, -0.05) is 63.6 Å². The summed E-state index contributed by atoms with van der Waals surface area (Å²) >= 11 is 6.01. The van der Waals surface area contributed by atoms with Gasteiger partial charge in [0.2, 0.25) is 5.91 Å². The van der Waals surface area contributed by atoms with Gasteiger partial charge in [0.15, 0.2) is 0 Å². The average Bonchev–Trinajstić information content (AvgIpc) is 2.78. The molecule has 2 aromatic carbocycles. The second-order valence-corrected chi connectivity index (χ2v) is 12.3. The molecule has 1 aliphatic rings. The van der Waals surface area contributed by atoms with Crippen molar-refractivity contribution in [2.45, 2.75) is 51.5 Å². The molecular weight excluding hydrogens is 527 g/mol. The predicted molar refractivity (Wildman–Crippen MR) is 139 cm³/mol. The van der Waals surface area contributed by atoms with Crippen molar-refractivity contribution in [3.63, 3.8) is 0 Å². The van der Waals surface area contributed by atoms with Crippen LogP contribution in [-0.4, -0.2) is 53.9 Å². The van der Waals surface area contributed by atoms with Crippen molar-refractivity contribution in [1.82, 2.24) is 10.2 Å². The first-order valence-electron chi connectivity index (χ1n) is 11.8. The average molecular weight is 561 g/mol. The molecule has 11 heteroatoms. The zero-order valence-electron chi connectivity index (χ0n) is 22.9. The molecule has 198 valence electrons. The molecule has 0 saturated carbocycles. The third kappa shape index (κ3) is 7.56. The molecule has 2 amide bonds. The molecule has 3 N–H and O–H groups in total. The summed E-state index contributed by atoms with van der Waals surface area (Å²) in [4.78, 5) is 28.2. The third-order valence-electron chi connectivity index (χ3n) is 6.84. The molecule has 0 radical (unpaired) electrons. The first kappa shape index (κ1) is 31.8. The number of hydrogen-bond donors (Lipinski definition) is 3. The number of halogens is 1. The Morgan fingerprint density at radius 1 is 1.16 bits per heavy atom. The minimum atomic E-state index is -4.25. The normalized spacial score (nSPS) is 20.2. The van der Waals surface area contributed by atoms with Crippen LogP contribution in [0.2, 0.25) is 5.02 Å². The van der Waals surface area contributed by atoms with Crippen molar-refractivity contribution in [1.29, 1.82) is 0 Å². The van der Waals surface area contributed by atoms with E-state index >= 15 is 0 Å². The van der Waals surface area contributed by atoms with E-state index in [0.29, 0.717) is 18.0 Å². The molecule has 1 aliphatic heterocycles. The smallest absolute Gasteiger partial charge is 1.00 e. The summed E-state index contributed by atoms with van der Waals surface area (Å²) < 4.78 is 31.5. The Bertz CT molecular complexity index is 1240. The van der Waals surface area contributed by atoms with Crippen LogP contribution in [0.15, 0.2) is 48.5 Å². The van der Waals surface area contributed by atoms with Gasteiger partial charge in [-0.05, 0) is 47.7 Å². The number of nitrogens with zero attached hydrogens (tertiary/aromatic N) is 1. The minimum absolute atomic E-state index is 0. The maximum absolute atomic E-state index is 13.5. The first-order chi connectivity index (χ1) is 16.6. The van der Waals surface area contributed by atoms with E-state index in [9.17, 15) is 23.1 Å². The summed E-state index contributed by atoms with van der Waals surface area (Å²) in [6.07, 6.45) is 0.323. The summed E-state index contributed by atoms with van der Waals surface area (Å²) in [6, 6.07) is 12.2. The fourth-order valence-corrected chi connectivity index (χ4v) is 5.45. The molecule has 0 aliphatic carbocycles. The van der Waals surface area contributed by atoms with Gasteiger partial charge < -0.3 is 16.7 Å². The maximum Gasteiger partial charge on any atom is 1.00 e. The molecule has 1 saturated heterocycles. The topological polar surface area (TPSA) is 124 Å². The van der Waals surface area contributed by atoms with Gasteiger partial charge in [-0.25, -0.2) is 0 Å².